The summed E-state index contributed by atoms with van der Waals surface area (Å²) in [5.41, 5.74) is 1.85. The Hall–Kier alpha value is -1.39. The van der Waals surface area contributed by atoms with Crippen LogP contribution in [0.3, 0.4) is 0 Å². The van der Waals surface area contributed by atoms with E-state index in [0.717, 1.165) is 82.4 Å². The monoisotopic (exact) mass is 532 g/mol. The van der Waals surface area contributed by atoms with Gasteiger partial charge >= 0.3 is 0 Å². The van der Waals surface area contributed by atoms with E-state index in [1.54, 1.807) is 19.0 Å². The van der Waals surface area contributed by atoms with Gasteiger partial charge in [-0.3, -0.25) is 9.79 Å². The molecule has 1 fully saturated rings. The lowest BCUT2D eigenvalue weighted by atomic mass is 10.1. The first kappa shape index (κ1) is 26.6. The van der Waals surface area contributed by atoms with Crippen molar-refractivity contribution >= 4 is 35.8 Å². The standard InChI is InChI=1S/C22H36N4O3.HI/c1-4-23-22(24-11-6-13-28-16-19-10-14-29-17-19)25-12-9-18-7-5-8-20(15-18)21(27)26(2)3;/h5,7-8,15,19H,4,6,9-14,16-17H2,1-3H3,(H2,23,24,25);1H. The summed E-state index contributed by atoms with van der Waals surface area (Å²) in [5.74, 6) is 1.40. The minimum atomic E-state index is 0. The van der Waals surface area contributed by atoms with E-state index >= 15 is 0 Å². The van der Waals surface area contributed by atoms with Crippen molar-refractivity contribution in [2.75, 3.05) is 60.2 Å². The molecule has 1 atom stereocenters. The molecule has 1 aliphatic rings. The number of benzene rings is 1. The van der Waals surface area contributed by atoms with Crippen LogP contribution < -0.4 is 10.6 Å². The third-order valence-corrected chi connectivity index (χ3v) is 4.72. The number of guanidine groups is 1. The number of aliphatic imine (C=N–C) groups is 1. The molecule has 1 amide bonds. The van der Waals surface area contributed by atoms with Gasteiger partial charge in [0.1, 0.15) is 0 Å². The highest BCUT2D eigenvalue weighted by Crippen LogP contribution is 2.12. The third kappa shape index (κ3) is 10.1. The highest BCUT2D eigenvalue weighted by molar-refractivity contribution is 14.0. The normalized spacial score (nSPS) is 16.1. The number of carbonyl (C=O) groups is 1. The van der Waals surface area contributed by atoms with Gasteiger partial charge < -0.3 is 25.0 Å². The Bertz CT molecular complexity index is 649. The van der Waals surface area contributed by atoms with E-state index in [0.29, 0.717) is 5.92 Å². The number of carbonyl (C=O) groups excluding carboxylic acids is 1. The molecular weight excluding hydrogens is 495 g/mol. The number of halogens is 1. The molecular formula is C22H37IN4O3. The lowest BCUT2D eigenvalue weighted by Crippen LogP contribution is -2.38. The summed E-state index contributed by atoms with van der Waals surface area (Å²) in [7, 11) is 3.54. The predicted octanol–water partition coefficient (Wildman–Crippen LogP) is 2.55. The molecule has 7 nitrogen and oxygen atoms in total. The minimum Gasteiger partial charge on any atom is -0.381 e. The first-order chi connectivity index (χ1) is 14.1. The summed E-state index contributed by atoms with van der Waals surface area (Å²) in [6.07, 6.45) is 2.84. The summed E-state index contributed by atoms with van der Waals surface area (Å²) in [6, 6.07) is 7.79. The molecule has 0 radical (unpaired) electrons. The fraction of sp³-hybridized carbons (Fsp3) is 0.636. The number of hydrogen-bond acceptors (Lipinski definition) is 4. The van der Waals surface area contributed by atoms with Gasteiger partial charge in [-0.25, -0.2) is 0 Å². The zero-order chi connectivity index (χ0) is 20.9. The van der Waals surface area contributed by atoms with Crippen LogP contribution in [0.1, 0.15) is 35.7 Å². The molecule has 170 valence electrons. The highest BCUT2D eigenvalue weighted by atomic mass is 127. The molecule has 1 saturated heterocycles. The van der Waals surface area contributed by atoms with E-state index in [4.69, 9.17) is 9.47 Å². The number of nitrogens with one attached hydrogen (secondary N) is 2. The topological polar surface area (TPSA) is 75.2 Å². The Morgan fingerprint density at radius 2 is 2.17 bits per heavy atom. The summed E-state index contributed by atoms with van der Waals surface area (Å²) in [5, 5.41) is 6.63. The van der Waals surface area contributed by atoms with Crippen LogP contribution in [0.2, 0.25) is 0 Å². The number of amides is 1. The van der Waals surface area contributed by atoms with Crippen LogP contribution in [0.25, 0.3) is 0 Å². The molecule has 2 rings (SSSR count). The van der Waals surface area contributed by atoms with Gasteiger partial charge in [-0.1, -0.05) is 12.1 Å². The fourth-order valence-corrected chi connectivity index (χ4v) is 3.11. The van der Waals surface area contributed by atoms with Gasteiger partial charge in [0.05, 0.1) is 13.2 Å². The van der Waals surface area contributed by atoms with E-state index in [9.17, 15) is 4.79 Å². The molecule has 2 N–H and O–H groups in total. The SMILES string of the molecule is CCNC(=NCCCOCC1CCOC1)NCCc1cccc(C(=O)N(C)C)c1.I. The van der Waals surface area contributed by atoms with Gasteiger partial charge in [-0.05, 0) is 43.9 Å². The molecule has 0 spiro atoms. The van der Waals surface area contributed by atoms with Crippen molar-refractivity contribution in [2.24, 2.45) is 10.9 Å². The highest BCUT2D eigenvalue weighted by Gasteiger charge is 2.15. The van der Waals surface area contributed by atoms with Crippen LogP contribution in [0.4, 0.5) is 0 Å². The van der Waals surface area contributed by atoms with Crippen LogP contribution >= 0.6 is 24.0 Å². The second-order valence-electron chi connectivity index (χ2n) is 7.50. The summed E-state index contributed by atoms with van der Waals surface area (Å²) < 4.78 is 11.1. The maximum atomic E-state index is 12.1. The zero-order valence-corrected chi connectivity index (χ0v) is 20.8. The van der Waals surface area contributed by atoms with E-state index in [1.807, 2.05) is 24.3 Å². The number of ether oxygens (including phenoxy) is 2. The molecule has 30 heavy (non-hydrogen) atoms. The lowest BCUT2D eigenvalue weighted by Gasteiger charge is -2.13. The molecule has 1 aliphatic heterocycles. The quantitative estimate of drug-likeness (QED) is 0.198. The van der Waals surface area contributed by atoms with Crippen molar-refractivity contribution in [3.63, 3.8) is 0 Å². The van der Waals surface area contributed by atoms with E-state index in [2.05, 4.69) is 22.5 Å². The smallest absolute Gasteiger partial charge is 0.253 e. The Balaban J connectivity index is 0.00000450. The third-order valence-electron chi connectivity index (χ3n) is 4.72. The van der Waals surface area contributed by atoms with Crippen LogP contribution in [0, 0.1) is 5.92 Å². The van der Waals surface area contributed by atoms with Gasteiger partial charge in [0, 0.05) is 58.4 Å². The van der Waals surface area contributed by atoms with E-state index < -0.39 is 0 Å². The second-order valence-corrected chi connectivity index (χ2v) is 7.50. The molecule has 0 bridgehead atoms. The van der Waals surface area contributed by atoms with Crippen molar-refractivity contribution < 1.29 is 14.3 Å². The molecule has 0 aromatic heterocycles. The maximum Gasteiger partial charge on any atom is 0.253 e. The fourth-order valence-electron chi connectivity index (χ4n) is 3.11. The average Bonchev–Trinajstić information content (AvgIpc) is 3.23. The van der Waals surface area contributed by atoms with Crippen LogP contribution in [-0.2, 0) is 15.9 Å². The summed E-state index contributed by atoms with van der Waals surface area (Å²) in [4.78, 5) is 18.3. The molecule has 8 heteroatoms. The van der Waals surface area contributed by atoms with Crippen molar-refractivity contribution in [1.29, 1.82) is 0 Å². The Morgan fingerprint density at radius 1 is 1.33 bits per heavy atom. The van der Waals surface area contributed by atoms with Crippen LogP contribution in [-0.4, -0.2) is 76.9 Å². The number of hydrogen-bond donors (Lipinski definition) is 2. The van der Waals surface area contributed by atoms with Crippen molar-refractivity contribution in [1.82, 2.24) is 15.5 Å². The zero-order valence-electron chi connectivity index (χ0n) is 18.5. The number of nitrogens with zero attached hydrogens (tertiary/aromatic N) is 2. The van der Waals surface area contributed by atoms with Crippen molar-refractivity contribution in [3.8, 4) is 0 Å². The van der Waals surface area contributed by atoms with E-state index in [-0.39, 0.29) is 29.9 Å². The van der Waals surface area contributed by atoms with Gasteiger partial charge in [0.2, 0.25) is 0 Å². The lowest BCUT2D eigenvalue weighted by molar-refractivity contribution is 0.0827. The summed E-state index contributed by atoms with van der Waals surface area (Å²) >= 11 is 0. The number of rotatable bonds is 11. The molecule has 1 aromatic carbocycles. The summed E-state index contributed by atoms with van der Waals surface area (Å²) in [6.45, 7) is 7.57. The predicted molar refractivity (Wildman–Crippen MR) is 132 cm³/mol. The average molecular weight is 532 g/mol. The van der Waals surface area contributed by atoms with Crippen molar-refractivity contribution in [2.45, 2.75) is 26.2 Å². The molecule has 1 heterocycles. The first-order valence-electron chi connectivity index (χ1n) is 10.6. The van der Waals surface area contributed by atoms with Crippen LogP contribution in [0.5, 0.6) is 0 Å². The second kappa shape index (κ2) is 15.4. The first-order valence-corrected chi connectivity index (χ1v) is 10.6. The van der Waals surface area contributed by atoms with E-state index in [1.165, 1.54) is 0 Å². The minimum absolute atomic E-state index is 0. The molecule has 0 saturated carbocycles. The largest absolute Gasteiger partial charge is 0.381 e. The Morgan fingerprint density at radius 3 is 2.87 bits per heavy atom. The molecule has 1 aromatic rings. The van der Waals surface area contributed by atoms with Crippen molar-refractivity contribution in [3.05, 3.63) is 35.4 Å². The Labute approximate surface area is 198 Å². The van der Waals surface area contributed by atoms with Gasteiger partial charge in [-0.2, -0.15) is 0 Å². The molecule has 1 unspecified atom stereocenters. The van der Waals surface area contributed by atoms with Crippen LogP contribution in [0.15, 0.2) is 29.3 Å². The maximum absolute atomic E-state index is 12.1. The van der Waals surface area contributed by atoms with Gasteiger partial charge in [0.15, 0.2) is 5.96 Å². The molecule has 0 aliphatic carbocycles. The Kier molecular flexibility index (Phi) is 13.7. The van der Waals surface area contributed by atoms with Gasteiger partial charge in [-0.15, -0.1) is 24.0 Å². The van der Waals surface area contributed by atoms with Gasteiger partial charge in [0.25, 0.3) is 5.91 Å².